The number of rotatable bonds is 4. The van der Waals surface area contributed by atoms with Crippen LogP contribution in [0.1, 0.15) is 28.4 Å². The number of Topliss-reactive ketones (excluding diaryl/α,β-unsaturated/α-hetero) is 1. The number of aryl methyl sites for hydroxylation is 2. The highest BCUT2D eigenvalue weighted by Crippen LogP contribution is 2.31. The van der Waals surface area contributed by atoms with Gasteiger partial charge in [-0.25, -0.2) is 4.90 Å². The second-order valence-electron chi connectivity index (χ2n) is 6.24. The molecule has 1 aliphatic heterocycles. The number of carbonyl (C=O) groups excluding carboxylic acids is 3. The SMILES string of the molecule is CC(=O)c1ccc(NC2=C(Cl)C(=O)N(c3cc(C)cc(C)c3)C2=O)cc1. The average Bonchev–Trinajstić information content (AvgIpc) is 2.78. The van der Waals surface area contributed by atoms with Crippen molar-refractivity contribution < 1.29 is 14.4 Å². The van der Waals surface area contributed by atoms with Gasteiger partial charge in [0, 0.05) is 11.3 Å². The summed E-state index contributed by atoms with van der Waals surface area (Å²) in [6.07, 6.45) is 0. The molecule has 0 aliphatic carbocycles. The monoisotopic (exact) mass is 368 g/mol. The summed E-state index contributed by atoms with van der Waals surface area (Å²) >= 11 is 6.13. The maximum Gasteiger partial charge on any atom is 0.283 e. The van der Waals surface area contributed by atoms with Gasteiger partial charge in [-0.05, 0) is 68.3 Å². The lowest BCUT2D eigenvalue weighted by atomic mass is 10.1. The van der Waals surface area contributed by atoms with E-state index < -0.39 is 11.8 Å². The van der Waals surface area contributed by atoms with Crippen molar-refractivity contribution in [2.24, 2.45) is 0 Å². The van der Waals surface area contributed by atoms with Crippen LogP contribution >= 0.6 is 11.6 Å². The molecule has 0 atom stereocenters. The molecule has 0 aromatic heterocycles. The fourth-order valence-electron chi connectivity index (χ4n) is 2.86. The van der Waals surface area contributed by atoms with Gasteiger partial charge in [-0.15, -0.1) is 0 Å². The maximum absolute atomic E-state index is 12.8. The van der Waals surface area contributed by atoms with Crippen molar-refractivity contribution in [1.82, 2.24) is 0 Å². The highest BCUT2D eigenvalue weighted by Gasteiger charge is 2.39. The van der Waals surface area contributed by atoms with Crippen LogP contribution < -0.4 is 10.2 Å². The zero-order valence-corrected chi connectivity index (χ0v) is 15.3. The lowest BCUT2D eigenvalue weighted by Gasteiger charge is -2.16. The van der Waals surface area contributed by atoms with Crippen molar-refractivity contribution in [2.75, 3.05) is 10.2 Å². The summed E-state index contributed by atoms with van der Waals surface area (Å²) in [5.74, 6) is -1.13. The lowest BCUT2D eigenvalue weighted by Crippen LogP contribution is -2.32. The number of ketones is 1. The first-order valence-corrected chi connectivity index (χ1v) is 8.40. The Morgan fingerprint density at radius 2 is 1.54 bits per heavy atom. The van der Waals surface area contributed by atoms with E-state index in [4.69, 9.17) is 11.6 Å². The van der Waals surface area contributed by atoms with Crippen molar-refractivity contribution in [2.45, 2.75) is 20.8 Å². The van der Waals surface area contributed by atoms with E-state index >= 15 is 0 Å². The molecule has 0 unspecified atom stereocenters. The fourth-order valence-corrected chi connectivity index (χ4v) is 3.07. The van der Waals surface area contributed by atoms with Crippen LogP contribution in [0, 0.1) is 13.8 Å². The molecule has 2 aromatic carbocycles. The van der Waals surface area contributed by atoms with Gasteiger partial charge in [0.25, 0.3) is 11.8 Å². The second kappa shape index (κ2) is 6.77. The molecule has 0 saturated heterocycles. The summed E-state index contributed by atoms with van der Waals surface area (Å²) in [5.41, 5.74) is 3.51. The molecular weight excluding hydrogens is 352 g/mol. The molecular formula is C20H17ClN2O3. The summed E-state index contributed by atoms with van der Waals surface area (Å²) in [6, 6.07) is 12.1. The van der Waals surface area contributed by atoms with Gasteiger partial charge >= 0.3 is 0 Å². The van der Waals surface area contributed by atoms with E-state index in [1.54, 1.807) is 36.4 Å². The van der Waals surface area contributed by atoms with E-state index in [0.29, 0.717) is 16.9 Å². The van der Waals surface area contributed by atoms with Gasteiger partial charge in [0.05, 0.1) is 5.69 Å². The number of amides is 2. The summed E-state index contributed by atoms with van der Waals surface area (Å²) in [4.78, 5) is 37.7. The van der Waals surface area contributed by atoms with Gasteiger partial charge in [0.2, 0.25) is 0 Å². The Kier molecular flexibility index (Phi) is 4.66. The molecule has 3 rings (SSSR count). The Morgan fingerprint density at radius 3 is 2.08 bits per heavy atom. The molecule has 0 radical (unpaired) electrons. The van der Waals surface area contributed by atoms with Crippen LogP contribution in [-0.4, -0.2) is 17.6 Å². The Balaban J connectivity index is 1.90. The van der Waals surface area contributed by atoms with Crippen molar-refractivity contribution >= 4 is 40.6 Å². The van der Waals surface area contributed by atoms with Crippen LogP contribution in [0.25, 0.3) is 0 Å². The molecule has 0 bridgehead atoms. The molecule has 0 saturated carbocycles. The van der Waals surface area contributed by atoms with Crippen molar-refractivity contribution in [3.8, 4) is 0 Å². The first kappa shape index (κ1) is 17.9. The third-order valence-corrected chi connectivity index (χ3v) is 4.40. The molecule has 1 N–H and O–H groups in total. The van der Waals surface area contributed by atoms with Crippen molar-refractivity contribution in [3.05, 3.63) is 69.9 Å². The smallest absolute Gasteiger partial charge is 0.283 e. The lowest BCUT2D eigenvalue weighted by molar-refractivity contribution is -0.120. The Labute approximate surface area is 156 Å². The molecule has 0 fully saturated rings. The highest BCUT2D eigenvalue weighted by molar-refractivity contribution is 6.53. The zero-order chi connectivity index (χ0) is 19.0. The number of hydrogen-bond acceptors (Lipinski definition) is 4. The molecule has 1 aliphatic rings. The first-order valence-electron chi connectivity index (χ1n) is 8.03. The van der Waals surface area contributed by atoms with Crippen LogP contribution in [0.4, 0.5) is 11.4 Å². The summed E-state index contributed by atoms with van der Waals surface area (Å²) < 4.78 is 0. The first-order chi connectivity index (χ1) is 12.3. The second-order valence-corrected chi connectivity index (χ2v) is 6.62. The van der Waals surface area contributed by atoms with Gasteiger partial charge in [0.1, 0.15) is 10.7 Å². The number of hydrogen-bond donors (Lipinski definition) is 1. The molecule has 0 spiro atoms. The summed E-state index contributed by atoms with van der Waals surface area (Å²) in [6.45, 7) is 5.27. The van der Waals surface area contributed by atoms with Crippen LogP contribution in [0.2, 0.25) is 0 Å². The third-order valence-electron chi connectivity index (χ3n) is 4.05. The molecule has 26 heavy (non-hydrogen) atoms. The zero-order valence-electron chi connectivity index (χ0n) is 14.6. The molecule has 5 nitrogen and oxygen atoms in total. The highest BCUT2D eigenvalue weighted by atomic mass is 35.5. The van der Waals surface area contributed by atoms with Crippen LogP contribution in [0.3, 0.4) is 0 Å². The van der Waals surface area contributed by atoms with Crippen LogP contribution in [0.5, 0.6) is 0 Å². The van der Waals surface area contributed by atoms with Gasteiger partial charge in [-0.3, -0.25) is 14.4 Å². The van der Waals surface area contributed by atoms with E-state index in [9.17, 15) is 14.4 Å². The Hall–Kier alpha value is -2.92. The molecule has 2 amide bonds. The van der Waals surface area contributed by atoms with E-state index in [-0.39, 0.29) is 16.5 Å². The number of benzene rings is 2. The molecule has 1 heterocycles. The Morgan fingerprint density at radius 1 is 0.962 bits per heavy atom. The topological polar surface area (TPSA) is 66.5 Å². The minimum atomic E-state index is -0.565. The molecule has 132 valence electrons. The van der Waals surface area contributed by atoms with Gasteiger partial charge < -0.3 is 5.32 Å². The van der Waals surface area contributed by atoms with Gasteiger partial charge in [0.15, 0.2) is 5.78 Å². The summed E-state index contributed by atoms with van der Waals surface area (Å²) in [5, 5.41) is 2.73. The van der Waals surface area contributed by atoms with E-state index in [2.05, 4.69) is 5.32 Å². The van der Waals surface area contributed by atoms with Crippen LogP contribution in [0.15, 0.2) is 53.2 Å². The van der Waals surface area contributed by atoms with Crippen LogP contribution in [-0.2, 0) is 9.59 Å². The van der Waals surface area contributed by atoms with Crippen molar-refractivity contribution in [1.29, 1.82) is 0 Å². The molecule has 6 heteroatoms. The quantitative estimate of drug-likeness (QED) is 0.655. The van der Waals surface area contributed by atoms with Gasteiger partial charge in [-0.1, -0.05) is 17.7 Å². The third kappa shape index (κ3) is 3.26. The predicted octanol–water partition coefficient (Wildman–Crippen LogP) is 3.94. The average molecular weight is 369 g/mol. The van der Waals surface area contributed by atoms with E-state index in [0.717, 1.165) is 16.0 Å². The number of nitrogens with one attached hydrogen (secondary N) is 1. The van der Waals surface area contributed by atoms with Gasteiger partial charge in [-0.2, -0.15) is 0 Å². The maximum atomic E-state index is 12.8. The largest absolute Gasteiger partial charge is 0.350 e. The van der Waals surface area contributed by atoms with E-state index in [1.165, 1.54) is 6.92 Å². The minimum absolute atomic E-state index is 0.0198. The number of halogens is 1. The van der Waals surface area contributed by atoms with E-state index in [1.807, 2.05) is 19.9 Å². The Bertz CT molecular complexity index is 941. The fraction of sp³-hybridized carbons (Fsp3) is 0.150. The summed E-state index contributed by atoms with van der Waals surface area (Å²) in [7, 11) is 0. The number of carbonyl (C=O) groups is 3. The number of nitrogens with zero attached hydrogens (tertiary/aromatic N) is 1. The number of anilines is 2. The minimum Gasteiger partial charge on any atom is -0.350 e. The predicted molar refractivity (Wildman–Crippen MR) is 101 cm³/mol. The standard InChI is InChI=1S/C20H17ClN2O3/c1-11-8-12(2)10-16(9-11)23-19(25)17(21)18(20(23)26)22-15-6-4-14(5-7-15)13(3)24/h4-10,22H,1-3H3. The molecule has 2 aromatic rings. The van der Waals surface area contributed by atoms with Crippen molar-refractivity contribution in [3.63, 3.8) is 0 Å². The normalized spacial score (nSPS) is 14.2. The number of imide groups is 1.